The normalized spacial score (nSPS) is 18.0. The lowest BCUT2D eigenvalue weighted by atomic mass is 9.90. The molecule has 2 aromatic carbocycles. The third kappa shape index (κ3) is 3.58. The number of hydrogen-bond acceptors (Lipinski definition) is 5. The molecule has 0 amide bonds. The number of sulfonamides is 1. The van der Waals surface area contributed by atoms with Gasteiger partial charge >= 0.3 is 0 Å². The van der Waals surface area contributed by atoms with Gasteiger partial charge in [-0.2, -0.15) is 0 Å². The number of para-hydroxylation sites is 1. The predicted molar refractivity (Wildman–Crippen MR) is 111 cm³/mol. The Balaban J connectivity index is 1.86. The first-order valence-corrected chi connectivity index (χ1v) is 11.1. The molecule has 4 rings (SSSR count). The molecule has 1 N–H and O–H groups in total. The van der Waals surface area contributed by atoms with E-state index >= 15 is 0 Å². The van der Waals surface area contributed by atoms with Crippen LogP contribution in [0.1, 0.15) is 40.5 Å². The number of likely N-dealkylation sites (tertiary alicyclic amines) is 1. The highest BCUT2D eigenvalue weighted by molar-refractivity contribution is 7.97. The Labute approximate surface area is 170 Å². The molecule has 2 aromatic rings. The van der Waals surface area contributed by atoms with Crippen LogP contribution >= 0.6 is 0 Å². The average Bonchev–Trinajstić information content (AvgIpc) is 2.71. The second-order valence-corrected chi connectivity index (χ2v) is 9.14. The predicted octanol–water partition coefficient (Wildman–Crippen LogP) is 3.45. The van der Waals surface area contributed by atoms with Gasteiger partial charge in [-0.1, -0.05) is 49.4 Å². The van der Waals surface area contributed by atoms with Crippen LogP contribution in [-0.2, 0) is 10.0 Å². The summed E-state index contributed by atoms with van der Waals surface area (Å²) in [6, 6.07) is 14.8. The van der Waals surface area contributed by atoms with Crippen molar-refractivity contribution in [1.82, 2.24) is 4.90 Å². The second kappa shape index (κ2) is 7.48. The van der Waals surface area contributed by atoms with Crippen LogP contribution in [0.2, 0.25) is 0 Å². The highest BCUT2D eigenvalue weighted by atomic mass is 32.2. The molecule has 0 atom stereocenters. The lowest BCUT2D eigenvalue weighted by molar-refractivity contribution is 0.0933. The highest BCUT2D eigenvalue weighted by Crippen LogP contribution is 2.34. The molecule has 0 aromatic heterocycles. The standard InChI is InChI=1S/C22H22N2O4S/c1-15-11-13-24(14-12-15)19-20(25)17-9-5-6-10-18(17)21(26)22(19)29(27,28)23-16-7-3-2-4-8-16/h2-10,15,23H,11-14H2,1H3. The Kier molecular flexibility index (Phi) is 5.00. The lowest BCUT2D eigenvalue weighted by Crippen LogP contribution is -2.41. The maximum atomic E-state index is 13.3. The van der Waals surface area contributed by atoms with Gasteiger partial charge in [-0.15, -0.1) is 0 Å². The molecule has 6 nitrogen and oxygen atoms in total. The zero-order chi connectivity index (χ0) is 20.6. The molecule has 0 bridgehead atoms. The summed E-state index contributed by atoms with van der Waals surface area (Å²) < 4.78 is 29.0. The molecule has 0 unspecified atom stereocenters. The zero-order valence-corrected chi connectivity index (χ0v) is 16.9. The molecule has 1 aliphatic heterocycles. The highest BCUT2D eigenvalue weighted by Gasteiger charge is 2.41. The Morgan fingerprint density at radius 1 is 0.862 bits per heavy atom. The molecule has 1 fully saturated rings. The Morgan fingerprint density at radius 3 is 2.03 bits per heavy atom. The van der Waals surface area contributed by atoms with Gasteiger partial charge in [0.15, 0.2) is 4.91 Å². The smallest absolute Gasteiger partial charge is 0.268 e. The largest absolute Gasteiger partial charge is 0.367 e. The van der Waals surface area contributed by atoms with Crippen LogP contribution in [0.25, 0.3) is 0 Å². The fourth-order valence-corrected chi connectivity index (χ4v) is 5.20. The number of anilines is 1. The van der Waals surface area contributed by atoms with Crippen molar-refractivity contribution in [3.05, 3.63) is 76.3 Å². The van der Waals surface area contributed by atoms with E-state index in [2.05, 4.69) is 11.6 Å². The molecular formula is C22H22N2O4S. The first-order valence-electron chi connectivity index (χ1n) is 9.64. The van der Waals surface area contributed by atoms with Gasteiger partial charge in [0.25, 0.3) is 10.0 Å². The maximum absolute atomic E-state index is 13.3. The van der Waals surface area contributed by atoms with Crippen molar-refractivity contribution in [2.75, 3.05) is 17.8 Å². The molecule has 1 saturated heterocycles. The molecule has 150 valence electrons. The van der Waals surface area contributed by atoms with E-state index in [1.165, 1.54) is 6.07 Å². The molecule has 0 radical (unpaired) electrons. The summed E-state index contributed by atoms with van der Waals surface area (Å²) in [6.45, 7) is 3.22. The van der Waals surface area contributed by atoms with E-state index < -0.39 is 26.5 Å². The van der Waals surface area contributed by atoms with Gasteiger partial charge in [-0.25, -0.2) is 8.42 Å². The van der Waals surface area contributed by atoms with Crippen molar-refractivity contribution < 1.29 is 18.0 Å². The van der Waals surface area contributed by atoms with Crippen molar-refractivity contribution in [3.8, 4) is 0 Å². The fraction of sp³-hybridized carbons (Fsp3) is 0.273. The van der Waals surface area contributed by atoms with Crippen LogP contribution in [0.5, 0.6) is 0 Å². The second-order valence-electron chi connectivity index (χ2n) is 7.52. The number of carbonyl (C=O) groups excluding carboxylic acids is 2. The van der Waals surface area contributed by atoms with E-state index in [0.29, 0.717) is 24.7 Å². The van der Waals surface area contributed by atoms with Crippen LogP contribution in [0.4, 0.5) is 5.69 Å². The lowest BCUT2D eigenvalue weighted by Gasteiger charge is -2.35. The van der Waals surface area contributed by atoms with E-state index in [9.17, 15) is 18.0 Å². The van der Waals surface area contributed by atoms with Crippen molar-refractivity contribution in [2.45, 2.75) is 19.8 Å². The van der Waals surface area contributed by atoms with Crippen LogP contribution in [0, 0.1) is 5.92 Å². The zero-order valence-electron chi connectivity index (χ0n) is 16.1. The Morgan fingerprint density at radius 2 is 1.41 bits per heavy atom. The summed E-state index contributed by atoms with van der Waals surface area (Å²) in [5, 5.41) is 0. The minimum atomic E-state index is -4.26. The van der Waals surface area contributed by atoms with Crippen LogP contribution in [-0.4, -0.2) is 38.0 Å². The van der Waals surface area contributed by atoms with Gasteiger partial charge in [0.05, 0.1) is 0 Å². The fourth-order valence-electron chi connectivity index (χ4n) is 3.82. The van der Waals surface area contributed by atoms with Gasteiger partial charge in [0.2, 0.25) is 11.6 Å². The Bertz CT molecular complexity index is 1100. The van der Waals surface area contributed by atoms with Crippen molar-refractivity contribution in [1.29, 1.82) is 0 Å². The number of Topliss-reactive ketones (excluding diaryl/α,β-unsaturated/α-hetero) is 2. The number of rotatable bonds is 4. The topological polar surface area (TPSA) is 83.6 Å². The molecule has 1 aliphatic carbocycles. The van der Waals surface area contributed by atoms with Gasteiger partial charge < -0.3 is 4.90 Å². The summed E-state index contributed by atoms with van der Waals surface area (Å²) in [5.74, 6) is -0.559. The van der Waals surface area contributed by atoms with Crippen LogP contribution in [0.3, 0.4) is 0 Å². The third-order valence-corrected chi connectivity index (χ3v) is 6.87. The number of hydrogen-bond donors (Lipinski definition) is 1. The number of nitrogens with zero attached hydrogens (tertiary/aromatic N) is 1. The molecule has 0 spiro atoms. The number of carbonyl (C=O) groups is 2. The average molecular weight is 410 g/mol. The summed E-state index contributed by atoms with van der Waals surface area (Å²) in [5.41, 5.74) is 0.708. The van der Waals surface area contributed by atoms with E-state index in [1.54, 1.807) is 53.4 Å². The van der Waals surface area contributed by atoms with Gasteiger partial charge in [0, 0.05) is 29.9 Å². The number of ketones is 2. The molecule has 29 heavy (non-hydrogen) atoms. The van der Waals surface area contributed by atoms with E-state index in [0.717, 1.165) is 12.8 Å². The van der Waals surface area contributed by atoms with Crippen molar-refractivity contribution in [3.63, 3.8) is 0 Å². The number of nitrogens with one attached hydrogen (secondary N) is 1. The van der Waals surface area contributed by atoms with Crippen LogP contribution in [0.15, 0.2) is 65.2 Å². The van der Waals surface area contributed by atoms with E-state index in [-0.39, 0.29) is 16.8 Å². The summed E-state index contributed by atoms with van der Waals surface area (Å²) in [6.07, 6.45) is 1.68. The number of allylic oxidation sites excluding steroid dienone is 2. The molecule has 1 heterocycles. The van der Waals surface area contributed by atoms with E-state index in [1.807, 2.05) is 0 Å². The summed E-state index contributed by atoms with van der Waals surface area (Å²) >= 11 is 0. The minimum absolute atomic E-state index is 0.0102. The minimum Gasteiger partial charge on any atom is -0.367 e. The number of benzene rings is 2. The van der Waals surface area contributed by atoms with Gasteiger partial charge in [-0.05, 0) is 30.9 Å². The SMILES string of the molecule is CC1CCN(C2=C(S(=O)(=O)Nc3ccccc3)C(=O)c3ccccc3C2=O)CC1. The third-order valence-electron chi connectivity index (χ3n) is 5.45. The molecule has 7 heteroatoms. The first-order chi connectivity index (χ1) is 13.9. The monoisotopic (exact) mass is 410 g/mol. The van der Waals surface area contributed by atoms with Gasteiger partial charge in [0.1, 0.15) is 5.70 Å². The summed E-state index contributed by atoms with van der Waals surface area (Å²) in [7, 11) is -4.26. The molecule has 0 saturated carbocycles. The molecule has 2 aliphatic rings. The first kappa shape index (κ1) is 19.4. The van der Waals surface area contributed by atoms with Crippen molar-refractivity contribution >= 4 is 27.3 Å². The van der Waals surface area contributed by atoms with Crippen molar-refractivity contribution in [2.24, 2.45) is 5.92 Å². The number of fused-ring (bicyclic) bond motifs is 1. The number of piperidine rings is 1. The van der Waals surface area contributed by atoms with Crippen LogP contribution < -0.4 is 4.72 Å². The maximum Gasteiger partial charge on any atom is 0.268 e. The Hall–Kier alpha value is -2.93. The quantitative estimate of drug-likeness (QED) is 0.835. The summed E-state index contributed by atoms with van der Waals surface area (Å²) in [4.78, 5) is 27.9. The van der Waals surface area contributed by atoms with Gasteiger partial charge in [-0.3, -0.25) is 14.3 Å². The van der Waals surface area contributed by atoms with E-state index in [4.69, 9.17) is 0 Å². The molecular weight excluding hydrogens is 388 g/mol.